The average molecular weight is 263 g/mol. The summed E-state index contributed by atoms with van der Waals surface area (Å²) in [7, 11) is 0. The molecule has 1 aromatic heterocycles. The molecule has 94 valence electrons. The predicted octanol–water partition coefficient (Wildman–Crippen LogP) is 3.55. The second-order valence-corrected chi connectivity index (χ2v) is 5.48. The van der Waals surface area contributed by atoms with Gasteiger partial charge in [0, 0.05) is 4.88 Å². The first kappa shape index (κ1) is 12.8. The summed E-state index contributed by atoms with van der Waals surface area (Å²) in [5, 5.41) is 4.80. The summed E-state index contributed by atoms with van der Waals surface area (Å²) in [4.78, 5) is 13.1. The Hall–Kier alpha value is -1.68. The molecule has 18 heavy (non-hydrogen) atoms. The van der Waals surface area contributed by atoms with Crippen LogP contribution in [-0.2, 0) is 5.54 Å². The second kappa shape index (κ2) is 4.90. The molecule has 4 heteroatoms. The highest BCUT2D eigenvalue weighted by Crippen LogP contribution is 2.25. The smallest absolute Gasteiger partial charge is 0.254 e. The van der Waals surface area contributed by atoms with Gasteiger partial charge in [0.2, 0.25) is 0 Å². The molecule has 0 aliphatic heterocycles. The molecule has 2 rings (SSSR count). The maximum Gasteiger partial charge on any atom is 0.254 e. The average Bonchev–Trinajstić information content (AvgIpc) is 2.82. The minimum atomic E-state index is -0.506. The molecule has 0 saturated heterocycles. The molecule has 0 spiro atoms. The number of benzene rings is 1. The van der Waals surface area contributed by atoms with Crippen LogP contribution >= 0.6 is 11.3 Å². The first-order chi connectivity index (χ1) is 8.50. The number of hydrogen-bond donors (Lipinski definition) is 1. The third kappa shape index (κ3) is 2.59. The molecule has 0 aliphatic rings. The van der Waals surface area contributed by atoms with Crippen molar-refractivity contribution in [2.75, 3.05) is 0 Å². The molecule has 0 radical (unpaired) electrons. The summed E-state index contributed by atoms with van der Waals surface area (Å²) >= 11 is 1.56. The number of hydrogen-bond acceptors (Lipinski definition) is 2. The van der Waals surface area contributed by atoms with Crippen molar-refractivity contribution in [3.8, 4) is 0 Å². The maximum absolute atomic E-state index is 13.5. The van der Waals surface area contributed by atoms with Gasteiger partial charge in [-0.3, -0.25) is 4.79 Å². The Balaban J connectivity index is 2.20. The molecule has 0 atom stereocenters. The third-order valence-electron chi connectivity index (χ3n) is 2.68. The van der Waals surface area contributed by atoms with Crippen LogP contribution in [-0.4, -0.2) is 5.91 Å². The monoisotopic (exact) mass is 263 g/mol. The molecule has 0 aliphatic carbocycles. The molecule has 0 unspecified atom stereocenters. The number of rotatable bonds is 3. The van der Waals surface area contributed by atoms with Gasteiger partial charge in [-0.25, -0.2) is 4.39 Å². The Morgan fingerprint density at radius 2 is 1.94 bits per heavy atom. The van der Waals surface area contributed by atoms with E-state index in [0.29, 0.717) is 0 Å². The summed E-state index contributed by atoms with van der Waals surface area (Å²) in [6, 6.07) is 9.86. The number of nitrogens with one attached hydrogen (secondary N) is 1. The van der Waals surface area contributed by atoms with E-state index in [1.54, 1.807) is 23.5 Å². The van der Waals surface area contributed by atoms with E-state index >= 15 is 0 Å². The van der Waals surface area contributed by atoms with Crippen molar-refractivity contribution >= 4 is 17.2 Å². The number of thiophene rings is 1. The van der Waals surface area contributed by atoms with Gasteiger partial charge in [-0.15, -0.1) is 11.3 Å². The highest BCUT2D eigenvalue weighted by atomic mass is 32.1. The van der Waals surface area contributed by atoms with E-state index in [9.17, 15) is 9.18 Å². The maximum atomic E-state index is 13.5. The van der Waals surface area contributed by atoms with E-state index in [4.69, 9.17) is 0 Å². The topological polar surface area (TPSA) is 29.1 Å². The van der Waals surface area contributed by atoms with Gasteiger partial charge < -0.3 is 5.32 Å². The lowest BCUT2D eigenvalue weighted by Crippen LogP contribution is -2.40. The quantitative estimate of drug-likeness (QED) is 0.901. The largest absolute Gasteiger partial charge is 0.342 e. The first-order valence-corrected chi connectivity index (χ1v) is 6.50. The first-order valence-electron chi connectivity index (χ1n) is 5.62. The molecule has 1 N–H and O–H groups in total. The van der Waals surface area contributed by atoms with Crippen LogP contribution in [0.3, 0.4) is 0 Å². The Morgan fingerprint density at radius 3 is 2.56 bits per heavy atom. The van der Waals surface area contributed by atoms with Crippen molar-refractivity contribution in [2.24, 2.45) is 0 Å². The molecule has 0 fully saturated rings. The minimum absolute atomic E-state index is 0.0714. The van der Waals surface area contributed by atoms with Gasteiger partial charge in [-0.05, 0) is 37.4 Å². The van der Waals surface area contributed by atoms with Gasteiger partial charge >= 0.3 is 0 Å². The summed E-state index contributed by atoms with van der Waals surface area (Å²) < 4.78 is 13.5. The van der Waals surface area contributed by atoms with Gasteiger partial charge in [-0.1, -0.05) is 18.2 Å². The van der Waals surface area contributed by atoms with Crippen LogP contribution in [0.1, 0.15) is 29.1 Å². The molecular formula is C14H14FNOS. The fourth-order valence-corrected chi connectivity index (χ4v) is 2.50. The Morgan fingerprint density at radius 1 is 1.22 bits per heavy atom. The summed E-state index contributed by atoms with van der Waals surface area (Å²) in [5.74, 6) is -0.900. The number of halogens is 1. The van der Waals surface area contributed by atoms with E-state index in [1.165, 1.54) is 12.1 Å². The number of amides is 1. The van der Waals surface area contributed by atoms with Gasteiger partial charge in [0.05, 0.1) is 11.1 Å². The minimum Gasteiger partial charge on any atom is -0.342 e. The lowest BCUT2D eigenvalue weighted by molar-refractivity contribution is 0.0909. The van der Waals surface area contributed by atoms with Crippen LogP contribution in [0.15, 0.2) is 41.8 Å². The van der Waals surface area contributed by atoms with Crippen molar-refractivity contribution in [3.63, 3.8) is 0 Å². The SMILES string of the molecule is CC(C)(NC(=O)c1ccccc1F)c1cccs1. The fourth-order valence-electron chi connectivity index (χ4n) is 1.69. The van der Waals surface area contributed by atoms with Crippen LogP contribution in [0.5, 0.6) is 0 Å². The lowest BCUT2D eigenvalue weighted by atomic mass is 10.0. The number of carbonyl (C=O) groups is 1. The van der Waals surface area contributed by atoms with Crippen LogP contribution < -0.4 is 5.32 Å². The van der Waals surface area contributed by atoms with E-state index < -0.39 is 17.3 Å². The Bertz CT molecular complexity index is 549. The van der Waals surface area contributed by atoms with E-state index in [-0.39, 0.29) is 5.56 Å². The Labute approximate surface area is 109 Å². The van der Waals surface area contributed by atoms with Gasteiger partial charge in [0.15, 0.2) is 0 Å². The lowest BCUT2D eigenvalue weighted by Gasteiger charge is -2.25. The van der Waals surface area contributed by atoms with E-state index in [0.717, 1.165) is 4.88 Å². The van der Waals surface area contributed by atoms with Crippen molar-refractivity contribution in [1.29, 1.82) is 0 Å². The van der Waals surface area contributed by atoms with Crippen molar-refractivity contribution in [1.82, 2.24) is 5.32 Å². The highest BCUT2D eigenvalue weighted by molar-refractivity contribution is 7.10. The predicted molar refractivity (Wildman–Crippen MR) is 71.2 cm³/mol. The van der Waals surface area contributed by atoms with Crippen LogP contribution in [0, 0.1) is 5.82 Å². The molecule has 0 saturated carbocycles. The molecule has 0 bridgehead atoms. The van der Waals surface area contributed by atoms with Gasteiger partial charge in [-0.2, -0.15) is 0 Å². The zero-order chi connectivity index (χ0) is 13.2. The molecule has 2 aromatic rings. The fraction of sp³-hybridized carbons (Fsp3) is 0.214. The molecular weight excluding hydrogens is 249 g/mol. The van der Waals surface area contributed by atoms with Crippen molar-refractivity contribution in [2.45, 2.75) is 19.4 Å². The summed E-state index contributed by atoms with van der Waals surface area (Å²) in [5.41, 5.74) is -0.435. The molecule has 1 aromatic carbocycles. The standard InChI is InChI=1S/C14H14FNOS/c1-14(2,12-8-5-9-18-12)16-13(17)10-6-3-4-7-11(10)15/h3-9H,1-2H3,(H,16,17). The van der Waals surface area contributed by atoms with Crippen LogP contribution in [0.25, 0.3) is 0 Å². The second-order valence-electron chi connectivity index (χ2n) is 4.54. The third-order valence-corrected chi connectivity index (χ3v) is 3.88. The van der Waals surface area contributed by atoms with E-state index in [2.05, 4.69) is 5.32 Å². The highest BCUT2D eigenvalue weighted by Gasteiger charge is 2.25. The van der Waals surface area contributed by atoms with Crippen molar-refractivity contribution in [3.05, 3.63) is 58.0 Å². The van der Waals surface area contributed by atoms with Crippen LogP contribution in [0.4, 0.5) is 4.39 Å². The number of carbonyl (C=O) groups excluding carboxylic acids is 1. The molecule has 1 heterocycles. The summed E-state index contributed by atoms with van der Waals surface area (Å²) in [6.45, 7) is 3.80. The molecule has 2 nitrogen and oxygen atoms in total. The zero-order valence-electron chi connectivity index (χ0n) is 10.2. The van der Waals surface area contributed by atoms with Gasteiger partial charge in [0.1, 0.15) is 5.82 Å². The zero-order valence-corrected chi connectivity index (χ0v) is 11.1. The Kier molecular flexibility index (Phi) is 3.48. The van der Waals surface area contributed by atoms with Crippen molar-refractivity contribution < 1.29 is 9.18 Å². The van der Waals surface area contributed by atoms with E-state index in [1.807, 2.05) is 31.4 Å². The van der Waals surface area contributed by atoms with Gasteiger partial charge in [0.25, 0.3) is 5.91 Å². The van der Waals surface area contributed by atoms with Crippen LogP contribution in [0.2, 0.25) is 0 Å². The summed E-state index contributed by atoms with van der Waals surface area (Å²) in [6.07, 6.45) is 0. The normalized spacial score (nSPS) is 11.3. The molecule has 1 amide bonds.